The van der Waals surface area contributed by atoms with Gasteiger partial charge in [-0.15, -0.1) is 0 Å². The number of amides is 3. The normalized spacial score (nSPS) is 14.2. The van der Waals surface area contributed by atoms with Gasteiger partial charge in [-0.05, 0) is 61.2 Å². The summed E-state index contributed by atoms with van der Waals surface area (Å²) in [5.74, 6) is 0.370. The number of anilines is 1. The van der Waals surface area contributed by atoms with Gasteiger partial charge in [0.1, 0.15) is 29.6 Å². The van der Waals surface area contributed by atoms with Gasteiger partial charge < -0.3 is 19.2 Å². The Morgan fingerprint density at radius 2 is 1.92 bits per heavy atom. The first-order valence-electron chi connectivity index (χ1n) is 11.0. The summed E-state index contributed by atoms with van der Waals surface area (Å²) in [6, 6.07) is 13.9. The van der Waals surface area contributed by atoms with Gasteiger partial charge in [0.2, 0.25) is 5.91 Å². The number of carbonyl (C=O) groups is 3. The zero-order chi connectivity index (χ0) is 26.5. The summed E-state index contributed by atoms with van der Waals surface area (Å²) >= 11 is 0.679. The fourth-order valence-corrected chi connectivity index (χ4v) is 4.31. The summed E-state index contributed by atoms with van der Waals surface area (Å²) in [7, 11) is 1.43. The topological polar surface area (TPSA) is 141 Å². The predicted molar refractivity (Wildman–Crippen MR) is 136 cm³/mol. The van der Waals surface area contributed by atoms with E-state index in [4.69, 9.17) is 13.9 Å². The largest absolute Gasteiger partial charge is 0.496 e. The van der Waals surface area contributed by atoms with Crippen LogP contribution in [0, 0.1) is 10.1 Å². The maximum absolute atomic E-state index is 12.8. The number of imide groups is 1. The number of thioether (sulfide) groups is 1. The van der Waals surface area contributed by atoms with Crippen LogP contribution < -0.4 is 14.8 Å². The molecule has 0 unspecified atom stereocenters. The molecule has 12 heteroatoms. The highest BCUT2D eigenvalue weighted by molar-refractivity contribution is 8.18. The van der Waals surface area contributed by atoms with E-state index >= 15 is 0 Å². The lowest BCUT2D eigenvalue weighted by molar-refractivity contribution is -0.384. The minimum absolute atomic E-state index is 0.0748. The van der Waals surface area contributed by atoms with Gasteiger partial charge in [0.15, 0.2) is 0 Å². The van der Waals surface area contributed by atoms with Crippen LogP contribution >= 0.6 is 11.8 Å². The van der Waals surface area contributed by atoms with E-state index in [1.165, 1.54) is 31.4 Å². The lowest BCUT2D eigenvalue weighted by atomic mass is 10.1. The number of furan rings is 1. The molecule has 190 valence electrons. The standard InChI is InChI=1S/C25H21N3O8S/c1-3-35-17-7-4-15(5-8-17)26-23(29)14-27-24(30)22(37-25(27)31)13-18-9-11-21(36-18)19-12-16(28(32)33)6-10-20(19)34-2/h4-13H,3,14H2,1-2H3,(H,26,29)/b22-13+. The van der Waals surface area contributed by atoms with Crippen LogP contribution in [0.1, 0.15) is 12.7 Å². The molecule has 0 spiro atoms. The molecular weight excluding hydrogens is 502 g/mol. The van der Waals surface area contributed by atoms with E-state index in [-0.39, 0.29) is 22.1 Å². The van der Waals surface area contributed by atoms with Crippen LogP contribution in [0.15, 0.2) is 63.9 Å². The Morgan fingerprint density at radius 3 is 2.59 bits per heavy atom. The van der Waals surface area contributed by atoms with Gasteiger partial charge >= 0.3 is 0 Å². The molecule has 1 aliphatic heterocycles. The van der Waals surface area contributed by atoms with E-state index in [1.807, 2.05) is 6.92 Å². The van der Waals surface area contributed by atoms with Crippen molar-refractivity contribution < 1.29 is 33.2 Å². The van der Waals surface area contributed by atoms with E-state index in [0.717, 1.165) is 4.90 Å². The molecule has 0 atom stereocenters. The Hall–Kier alpha value is -4.58. The number of ether oxygens (including phenoxy) is 2. The van der Waals surface area contributed by atoms with Gasteiger partial charge in [-0.3, -0.25) is 29.4 Å². The fraction of sp³-hybridized carbons (Fsp3) is 0.160. The first kappa shape index (κ1) is 25.5. The van der Waals surface area contributed by atoms with Crippen LogP contribution in [0.25, 0.3) is 17.4 Å². The van der Waals surface area contributed by atoms with E-state index in [0.29, 0.717) is 41.1 Å². The number of benzene rings is 2. The summed E-state index contributed by atoms with van der Waals surface area (Å²) in [5, 5.41) is 13.2. The predicted octanol–water partition coefficient (Wildman–Crippen LogP) is 4.94. The van der Waals surface area contributed by atoms with E-state index < -0.39 is 28.5 Å². The zero-order valence-corrected chi connectivity index (χ0v) is 20.6. The minimum Gasteiger partial charge on any atom is -0.496 e. The van der Waals surface area contributed by atoms with Crippen molar-refractivity contribution in [3.63, 3.8) is 0 Å². The summed E-state index contributed by atoms with van der Waals surface area (Å²) in [6.45, 7) is 1.92. The number of nitrogens with one attached hydrogen (secondary N) is 1. The number of nitro benzene ring substituents is 1. The molecule has 3 amide bonds. The molecule has 1 fully saturated rings. The van der Waals surface area contributed by atoms with Gasteiger partial charge in [-0.2, -0.15) is 0 Å². The highest BCUT2D eigenvalue weighted by atomic mass is 32.2. The molecule has 0 radical (unpaired) electrons. The zero-order valence-electron chi connectivity index (χ0n) is 19.8. The Bertz CT molecular complexity index is 1400. The number of hydrogen-bond donors (Lipinski definition) is 1. The highest BCUT2D eigenvalue weighted by Gasteiger charge is 2.36. The van der Waals surface area contributed by atoms with Gasteiger partial charge in [0, 0.05) is 23.9 Å². The molecule has 0 bridgehead atoms. The molecule has 1 N–H and O–H groups in total. The Kier molecular flexibility index (Phi) is 7.58. The smallest absolute Gasteiger partial charge is 0.294 e. The molecule has 0 saturated carbocycles. The first-order chi connectivity index (χ1) is 17.8. The lowest BCUT2D eigenvalue weighted by Crippen LogP contribution is -2.36. The third-order valence-corrected chi connectivity index (χ3v) is 6.09. The van der Waals surface area contributed by atoms with Crippen molar-refractivity contribution in [2.45, 2.75) is 6.92 Å². The minimum atomic E-state index is -0.636. The molecule has 37 heavy (non-hydrogen) atoms. The average molecular weight is 524 g/mol. The number of methoxy groups -OCH3 is 1. The van der Waals surface area contributed by atoms with Crippen LogP contribution in [-0.4, -0.2) is 47.1 Å². The molecule has 4 rings (SSSR count). The van der Waals surface area contributed by atoms with Crippen molar-refractivity contribution in [3.8, 4) is 22.8 Å². The summed E-state index contributed by atoms with van der Waals surface area (Å²) < 4.78 is 16.4. The number of nitro groups is 1. The second kappa shape index (κ2) is 11.0. The van der Waals surface area contributed by atoms with Gasteiger partial charge in [-0.25, -0.2) is 0 Å². The SMILES string of the molecule is CCOc1ccc(NC(=O)CN2C(=O)S/C(=C/c3ccc(-c4cc([N+](=O)[O-])ccc4OC)o3)C2=O)cc1. The van der Waals surface area contributed by atoms with Crippen molar-refractivity contribution >= 4 is 46.3 Å². The summed E-state index contributed by atoms with van der Waals surface area (Å²) in [4.78, 5) is 49.2. The van der Waals surface area contributed by atoms with Crippen LogP contribution in [0.3, 0.4) is 0 Å². The van der Waals surface area contributed by atoms with Gasteiger partial charge in [0.05, 0.1) is 29.1 Å². The molecule has 1 aliphatic rings. The molecule has 1 aromatic heterocycles. The van der Waals surface area contributed by atoms with Crippen LogP contribution in [0.2, 0.25) is 0 Å². The van der Waals surface area contributed by atoms with Gasteiger partial charge in [0.25, 0.3) is 16.8 Å². The fourth-order valence-electron chi connectivity index (χ4n) is 3.49. The third kappa shape index (κ3) is 5.81. The van der Waals surface area contributed by atoms with E-state index in [2.05, 4.69) is 5.32 Å². The number of carbonyl (C=O) groups excluding carboxylic acids is 3. The molecule has 11 nitrogen and oxygen atoms in total. The molecular formula is C25H21N3O8S. The van der Waals surface area contributed by atoms with Crippen molar-refractivity contribution in [2.24, 2.45) is 0 Å². The van der Waals surface area contributed by atoms with Crippen LogP contribution in [0.4, 0.5) is 16.2 Å². The van der Waals surface area contributed by atoms with Crippen molar-refractivity contribution in [1.29, 1.82) is 0 Å². The molecule has 2 heterocycles. The monoisotopic (exact) mass is 523 g/mol. The second-order valence-electron chi connectivity index (χ2n) is 7.62. The van der Waals surface area contributed by atoms with E-state index in [1.54, 1.807) is 36.4 Å². The van der Waals surface area contributed by atoms with Crippen molar-refractivity contribution in [3.05, 3.63) is 75.4 Å². The number of nitrogens with zero attached hydrogens (tertiary/aromatic N) is 2. The quantitative estimate of drug-likeness (QED) is 0.234. The second-order valence-corrected chi connectivity index (χ2v) is 8.61. The first-order valence-corrected chi connectivity index (χ1v) is 11.8. The average Bonchev–Trinajstić information content (AvgIpc) is 3.45. The molecule has 3 aromatic rings. The Balaban J connectivity index is 1.46. The Labute approximate surface area is 215 Å². The van der Waals surface area contributed by atoms with Crippen LogP contribution in [-0.2, 0) is 9.59 Å². The number of hydrogen-bond acceptors (Lipinski definition) is 9. The molecule has 1 saturated heterocycles. The van der Waals surface area contributed by atoms with Crippen molar-refractivity contribution in [2.75, 3.05) is 25.6 Å². The highest BCUT2D eigenvalue weighted by Crippen LogP contribution is 2.36. The van der Waals surface area contributed by atoms with Gasteiger partial charge in [-0.1, -0.05) is 0 Å². The van der Waals surface area contributed by atoms with Crippen molar-refractivity contribution in [1.82, 2.24) is 4.90 Å². The Morgan fingerprint density at radius 1 is 1.16 bits per heavy atom. The van der Waals surface area contributed by atoms with E-state index in [9.17, 15) is 24.5 Å². The number of non-ortho nitro benzene ring substituents is 1. The number of rotatable bonds is 9. The maximum atomic E-state index is 12.8. The molecule has 2 aromatic carbocycles. The maximum Gasteiger partial charge on any atom is 0.294 e. The molecule has 0 aliphatic carbocycles. The third-order valence-electron chi connectivity index (χ3n) is 5.18. The lowest BCUT2D eigenvalue weighted by Gasteiger charge is -2.12. The summed E-state index contributed by atoms with van der Waals surface area (Å²) in [6.07, 6.45) is 1.38. The summed E-state index contributed by atoms with van der Waals surface area (Å²) in [5.41, 5.74) is 0.712. The van der Waals surface area contributed by atoms with Crippen LogP contribution in [0.5, 0.6) is 11.5 Å².